The molecule has 0 fully saturated rings. The number of carbonyl (C=O) groups excluding carboxylic acids is 1. The Morgan fingerprint density at radius 1 is 1.62 bits per heavy atom. The number of aromatic nitrogens is 1. The lowest BCUT2D eigenvalue weighted by Crippen LogP contribution is -2.10. The fourth-order valence-electron chi connectivity index (χ4n) is 0.815. The number of carboxylic acids is 1. The zero-order valence-corrected chi connectivity index (χ0v) is 6.73. The molecule has 1 aromatic heterocycles. The second-order valence-corrected chi connectivity index (χ2v) is 2.36. The van der Waals surface area contributed by atoms with Crippen LogP contribution in [0.15, 0.2) is 18.3 Å². The number of pyridine rings is 1. The zero-order chi connectivity index (χ0) is 9.68. The van der Waals surface area contributed by atoms with E-state index in [9.17, 15) is 9.59 Å². The fourth-order valence-corrected chi connectivity index (χ4v) is 0.815. The quantitative estimate of drug-likeness (QED) is 0.640. The monoisotopic (exact) mass is 180 g/mol. The first-order chi connectivity index (χ1) is 6.24. The van der Waals surface area contributed by atoms with E-state index in [1.54, 1.807) is 6.07 Å². The van der Waals surface area contributed by atoms with Gasteiger partial charge in [0.05, 0.1) is 0 Å². The second kappa shape index (κ2) is 4.20. The molecule has 0 aromatic carbocycles. The Labute approximate surface area is 74.4 Å². The van der Waals surface area contributed by atoms with Gasteiger partial charge >= 0.3 is 5.97 Å². The van der Waals surface area contributed by atoms with Crippen molar-refractivity contribution < 1.29 is 14.7 Å². The summed E-state index contributed by atoms with van der Waals surface area (Å²) in [7, 11) is 0. The molecule has 0 bridgehead atoms. The Kier molecular flexibility index (Phi) is 2.97. The largest absolute Gasteiger partial charge is 0.477 e. The average Bonchev–Trinajstić information content (AvgIpc) is 2.15. The summed E-state index contributed by atoms with van der Waals surface area (Å²) in [5, 5.41) is 11.0. The van der Waals surface area contributed by atoms with Gasteiger partial charge in [0.25, 0.3) is 0 Å². The van der Waals surface area contributed by atoms with E-state index in [1.165, 1.54) is 12.3 Å². The Bertz CT molecular complexity index is 308. The minimum absolute atomic E-state index is 0.00477. The molecule has 0 aliphatic heterocycles. The number of carboxylic acid groups (broad SMARTS) is 1. The highest BCUT2D eigenvalue weighted by Gasteiger charge is 2.02. The lowest BCUT2D eigenvalue weighted by molar-refractivity contribution is -0.109. The van der Waals surface area contributed by atoms with Gasteiger partial charge in [-0.3, -0.25) is 4.79 Å². The summed E-state index contributed by atoms with van der Waals surface area (Å²) < 4.78 is 0. The van der Waals surface area contributed by atoms with Crippen LogP contribution in [0, 0.1) is 0 Å². The fraction of sp³-hybridized carbons (Fsp3) is 0.125. The highest BCUT2D eigenvalue weighted by atomic mass is 16.4. The van der Waals surface area contributed by atoms with Crippen LogP contribution >= 0.6 is 0 Å². The van der Waals surface area contributed by atoms with Crippen LogP contribution in [0.4, 0.5) is 0 Å². The molecule has 0 unspecified atom stereocenters. The van der Waals surface area contributed by atoms with Crippen molar-refractivity contribution in [2.75, 3.05) is 0 Å². The molecule has 1 rings (SSSR count). The van der Waals surface area contributed by atoms with Crippen molar-refractivity contribution >= 4 is 12.4 Å². The van der Waals surface area contributed by atoms with Crippen molar-refractivity contribution in [3.05, 3.63) is 29.6 Å². The lowest BCUT2D eigenvalue weighted by atomic mass is 10.2. The molecule has 0 atom stereocenters. The summed E-state index contributed by atoms with van der Waals surface area (Å²) in [5.74, 6) is -1.06. The van der Waals surface area contributed by atoms with Crippen LogP contribution in [-0.4, -0.2) is 22.5 Å². The van der Waals surface area contributed by atoms with Crippen molar-refractivity contribution in [2.45, 2.75) is 6.54 Å². The van der Waals surface area contributed by atoms with E-state index in [4.69, 9.17) is 5.11 Å². The summed E-state index contributed by atoms with van der Waals surface area (Å²) >= 11 is 0. The van der Waals surface area contributed by atoms with Crippen LogP contribution in [-0.2, 0) is 11.3 Å². The number of carbonyl (C=O) groups is 2. The van der Waals surface area contributed by atoms with E-state index in [0.717, 1.165) is 5.56 Å². The molecule has 0 aliphatic rings. The predicted octanol–water partition coefficient (Wildman–Crippen LogP) is 0.0258. The number of nitrogens with one attached hydrogen (secondary N) is 1. The van der Waals surface area contributed by atoms with Gasteiger partial charge in [-0.15, -0.1) is 0 Å². The molecular formula is C8H8N2O3. The van der Waals surface area contributed by atoms with Gasteiger partial charge in [0, 0.05) is 12.7 Å². The zero-order valence-electron chi connectivity index (χ0n) is 6.73. The summed E-state index contributed by atoms with van der Waals surface area (Å²) in [5.41, 5.74) is 0.756. The molecule has 0 saturated carbocycles. The summed E-state index contributed by atoms with van der Waals surface area (Å²) in [6.45, 7) is 0.358. The van der Waals surface area contributed by atoms with Crippen molar-refractivity contribution in [3.63, 3.8) is 0 Å². The van der Waals surface area contributed by atoms with Gasteiger partial charge in [0.15, 0.2) is 0 Å². The summed E-state index contributed by atoms with van der Waals surface area (Å²) in [6.07, 6.45) is 1.99. The Hall–Kier alpha value is -1.91. The van der Waals surface area contributed by atoms with Crippen LogP contribution in [0.1, 0.15) is 16.1 Å². The van der Waals surface area contributed by atoms with Crippen molar-refractivity contribution in [1.29, 1.82) is 0 Å². The first-order valence-corrected chi connectivity index (χ1v) is 3.59. The van der Waals surface area contributed by atoms with Crippen LogP contribution in [0.2, 0.25) is 0 Å². The number of rotatable bonds is 4. The van der Waals surface area contributed by atoms with Crippen LogP contribution in [0.3, 0.4) is 0 Å². The number of aromatic carboxylic acids is 1. The van der Waals surface area contributed by atoms with Gasteiger partial charge in [0.1, 0.15) is 5.69 Å². The minimum Gasteiger partial charge on any atom is -0.477 e. The number of nitrogens with zero attached hydrogens (tertiary/aromatic N) is 1. The normalized spacial score (nSPS) is 9.23. The van der Waals surface area contributed by atoms with Crippen molar-refractivity contribution in [3.8, 4) is 0 Å². The number of amides is 1. The maximum absolute atomic E-state index is 10.4. The third-order valence-corrected chi connectivity index (χ3v) is 1.43. The predicted molar refractivity (Wildman–Crippen MR) is 44.1 cm³/mol. The topological polar surface area (TPSA) is 79.3 Å². The van der Waals surface area contributed by atoms with E-state index in [0.29, 0.717) is 13.0 Å². The molecule has 1 aromatic rings. The third kappa shape index (κ3) is 2.55. The molecule has 13 heavy (non-hydrogen) atoms. The van der Waals surface area contributed by atoms with Gasteiger partial charge in [-0.25, -0.2) is 9.78 Å². The summed E-state index contributed by atoms with van der Waals surface area (Å²) in [4.78, 5) is 24.0. The molecule has 5 heteroatoms. The van der Waals surface area contributed by atoms with E-state index in [2.05, 4.69) is 10.3 Å². The highest BCUT2D eigenvalue weighted by molar-refractivity contribution is 5.85. The Morgan fingerprint density at radius 3 is 2.85 bits per heavy atom. The third-order valence-electron chi connectivity index (χ3n) is 1.43. The molecule has 1 heterocycles. The molecular weight excluding hydrogens is 172 g/mol. The lowest BCUT2D eigenvalue weighted by Gasteiger charge is -1.98. The van der Waals surface area contributed by atoms with E-state index < -0.39 is 5.97 Å². The molecule has 0 saturated heterocycles. The average molecular weight is 180 g/mol. The van der Waals surface area contributed by atoms with Crippen LogP contribution in [0.25, 0.3) is 0 Å². The first-order valence-electron chi connectivity index (χ1n) is 3.59. The van der Waals surface area contributed by atoms with Crippen LogP contribution < -0.4 is 5.32 Å². The highest BCUT2D eigenvalue weighted by Crippen LogP contribution is 1.99. The molecule has 0 spiro atoms. The molecule has 0 radical (unpaired) electrons. The number of hydrogen-bond donors (Lipinski definition) is 2. The summed E-state index contributed by atoms with van der Waals surface area (Å²) in [6, 6.07) is 3.00. The molecule has 68 valence electrons. The van der Waals surface area contributed by atoms with Crippen molar-refractivity contribution in [1.82, 2.24) is 10.3 Å². The Balaban J connectivity index is 2.69. The molecule has 1 amide bonds. The SMILES string of the molecule is O=CNCc1ccc(C(=O)O)nc1. The van der Waals surface area contributed by atoms with Gasteiger partial charge < -0.3 is 10.4 Å². The standard InChI is InChI=1S/C8H8N2O3/c11-5-9-3-6-1-2-7(8(12)13)10-4-6/h1-2,4-5H,3H2,(H,9,11)(H,12,13). The smallest absolute Gasteiger partial charge is 0.354 e. The second-order valence-electron chi connectivity index (χ2n) is 2.36. The van der Waals surface area contributed by atoms with E-state index >= 15 is 0 Å². The van der Waals surface area contributed by atoms with Crippen LogP contribution in [0.5, 0.6) is 0 Å². The van der Waals surface area contributed by atoms with E-state index in [1.807, 2.05) is 0 Å². The van der Waals surface area contributed by atoms with E-state index in [-0.39, 0.29) is 5.69 Å². The maximum Gasteiger partial charge on any atom is 0.354 e. The van der Waals surface area contributed by atoms with Gasteiger partial charge in [-0.2, -0.15) is 0 Å². The van der Waals surface area contributed by atoms with Gasteiger partial charge in [0.2, 0.25) is 6.41 Å². The molecule has 0 aliphatic carbocycles. The van der Waals surface area contributed by atoms with Gasteiger partial charge in [-0.1, -0.05) is 6.07 Å². The first kappa shape index (κ1) is 9.18. The minimum atomic E-state index is -1.06. The Morgan fingerprint density at radius 2 is 2.38 bits per heavy atom. The molecule has 5 nitrogen and oxygen atoms in total. The number of hydrogen-bond acceptors (Lipinski definition) is 3. The van der Waals surface area contributed by atoms with Crippen molar-refractivity contribution in [2.24, 2.45) is 0 Å². The maximum atomic E-state index is 10.4. The van der Waals surface area contributed by atoms with Gasteiger partial charge in [-0.05, 0) is 11.6 Å². The molecule has 2 N–H and O–H groups in total.